The van der Waals surface area contributed by atoms with Crippen molar-refractivity contribution in [1.82, 2.24) is 4.90 Å². The number of thiocarbonyl (C=S) groups is 1. The zero-order valence-electron chi connectivity index (χ0n) is 16.9. The van der Waals surface area contributed by atoms with Crippen molar-refractivity contribution in [1.29, 1.82) is 0 Å². The van der Waals surface area contributed by atoms with Gasteiger partial charge < -0.3 is 20.1 Å². The Kier molecular flexibility index (Phi) is 7.47. The molecule has 0 radical (unpaired) electrons. The lowest BCUT2D eigenvalue weighted by Gasteiger charge is -2.26. The Labute approximate surface area is 186 Å². The Morgan fingerprint density at radius 3 is 2.76 bits per heavy atom. The Bertz CT molecular complexity index is 897. The number of nitrogens with one attached hydrogen (secondary N) is 1. The summed E-state index contributed by atoms with van der Waals surface area (Å²) in [6.45, 7) is 7.47. The molecule has 0 spiro atoms. The minimum atomic E-state index is -0.387. The van der Waals surface area contributed by atoms with Crippen LogP contribution in [0.3, 0.4) is 0 Å². The average Bonchev–Trinajstić information content (AvgIpc) is 3.37. The second-order valence-corrected chi connectivity index (χ2v) is 9.99. The van der Waals surface area contributed by atoms with E-state index in [2.05, 4.69) is 34.2 Å². The molecular weight excluding hydrogens is 420 g/mol. The van der Waals surface area contributed by atoms with Crippen LogP contribution in [0.15, 0.2) is 36.4 Å². The Morgan fingerprint density at radius 1 is 1.31 bits per heavy atom. The van der Waals surface area contributed by atoms with Gasteiger partial charge in [0.25, 0.3) is 0 Å². The molecule has 0 bridgehead atoms. The molecule has 1 saturated heterocycles. The summed E-state index contributed by atoms with van der Waals surface area (Å²) in [6.07, 6.45) is 0. The van der Waals surface area contributed by atoms with E-state index in [1.54, 1.807) is 11.3 Å². The van der Waals surface area contributed by atoms with Crippen molar-refractivity contribution in [3.05, 3.63) is 46.2 Å². The summed E-state index contributed by atoms with van der Waals surface area (Å²) in [6, 6.07) is 12.1. The number of aliphatic hydroxyl groups is 1. The summed E-state index contributed by atoms with van der Waals surface area (Å²) in [7, 11) is 0. The van der Waals surface area contributed by atoms with Gasteiger partial charge in [0.05, 0.1) is 18.1 Å². The van der Waals surface area contributed by atoms with Gasteiger partial charge in [-0.3, -0.25) is 0 Å². The van der Waals surface area contributed by atoms with Crippen LogP contribution in [-0.4, -0.2) is 40.6 Å². The van der Waals surface area contributed by atoms with Crippen LogP contribution in [0.1, 0.15) is 35.9 Å². The summed E-state index contributed by atoms with van der Waals surface area (Å²) in [4.78, 5) is 4.49. The fourth-order valence-electron chi connectivity index (χ4n) is 2.73. The van der Waals surface area contributed by atoms with E-state index < -0.39 is 0 Å². The second kappa shape index (κ2) is 9.86. The standard InChI is InChI=1S/C22H26N2O2S3/c1-4-26-17-7-5-16(6-8-17)23-21(27)24-13-14-28-20(24)19-10-9-18(29-19)11-12-22(2,3)15-25/h5-10,20,25H,4,13-15H2,1-3H3,(H,23,27)/t20-/m0/s1. The van der Waals surface area contributed by atoms with E-state index in [1.807, 2.05) is 56.8 Å². The maximum Gasteiger partial charge on any atom is 0.174 e. The van der Waals surface area contributed by atoms with E-state index in [1.165, 1.54) is 4.88 Å². The molecule has 1 aromatic carbocycles. The van der Waals surface area contributed by atoms with Crippen LogP contribution in [0.2, 0.25) is 0 Å². The summed E-state index contributed by atoms with van der Waals surface area (Å²) in [5, 5.41) is 13.6. The number of aliphatic hydroxyl groups excluding tert-OH is 1. The highest BCUT2D eigenvalue weighted by Crippen LogP contribution is 2.41. The molecule has 1 aliphatic heterocycles. The van der Waals surface area contributed by atoms with Crippen LogP contribution < -0.4 is 10.1 Å². The first-order valence-electron chi connectivity index (χ1n) is 9.58. The van der Waals surface area contributed by atoms with E-state index in [9.17, 15) is 5.11 Å². The number of anilines is 1. The van der Waals surface area contributed by atoms with Gasteiger partial charge in [-0.2, -0.15) is 0 Å². The molecule has 1 atom stereocenters. The van der Waals surface area contributed by atoms with Crippen LogP contribution in [0.5, 0.6) is 5.75 Å². The molecule has 0 aliphatic carbocycles. The van der Waals surface area contributed by atoms with Crippen molar-refractivity contribution in [2.45, 2.75) is 26.1 Å². The molecular formula is C22H26N2O2S3. The lowest BCUT2D eigenvalue weighted by Crippen LogP contribution is -2.33. The fourth-order valence-corrected chi connectivity index (χ4v) is 5.48. The molecule has 1 aliphatic rings. The highest BCUT2D eigenvalue weighted by atomic mass is 32.2. The van der Waals surface area contributed by atoms with Crippen molar-refractivity contribution in [3.8, 4) is 17.6 Å². The van der Waals surface area contributed by atoms with Crippen LogP contribution >= 0.6 is 35.3 Å². The van der Waals surface area contributed by atoms with Gasteiger partial charge in [-0.1, -0.05) is 11.8 Å². The van der Waals surface area contributed by atoms with E-state index in [0.29, 0.717) is 6.61 Å². The summed E-state index contributed by atoms with van der Waals surface area (Å²) in [5.74, 6) is 8.24. The molecule has 2 heterocycles. The quantitative estimate of drug-likeness (QED) is 0.500. The maximum atomic E-state index is 9.37. The smallest absolute Gasteiger partial charge is 0.174 e. The van der Waals surface area contributed by atoms with Crippen molar-refractivity contribution in [2.75, 3.05) is 30.8 Å². The molecule has 4 nitrogen and oxygen atoms in total. The lowest BCUT2D eigenvalue weighted by atomic mass is 9.96. The van der Waals surface area contributed by atoms with Crippen molar-refractivity contribution >= 4 is 46.1 Å². The average molecular weight is 447 g/mol. The van der Waals surface area contributed by atoms with E-state index >= 15 is 0 Å². The highest BCUT2D eigenvalue weighted by molar-refractivity contribution is 7.99. The van der Waals surface area contributed by atoms with Gasteiger partial charge in [0.1, 0.15) is 11.1 Å². The van der Waals surface area contributed by atoms with Crippen LogP contribution in [0, 0.1) is 17.3 Å². The third-order valence-corrected chi connectivity index (χ3v) is 7.14. The highest BCUT2D eigenvalue weighted by Gasteiger charge is 2.30. The number of thioether (sulfide) groups is 1. The predicted molar refractivity (Wildman–Crippen MR) is 128 cm³/mol. The minimum Gasteiger partial charge on any atom is -0.494 e. The van der Waals surface area contributed by atoms with Crippen LogP contribution in [0.25, 0.3) is 0 Å². The second-order valence-electron chi connectivity index (χ2n) is 7.30. The number of nitrogens with zero attached hydrogens (tertiary/aromatic N) is 1. The molecule has 3 rings (SSSR count). The van der Waals surface area contributed by atoms with Gasteiger partial charge in [-0.25, -0.2) is 0 Å². The molecule has 1 aromatic heterocycles. The molecule has 0 saturated carbocycles. The number of ether oxygens (including phenoxy) is 1. The van der Waals surface area contributed by atoms with Gasteiger partial charge >= 0.3 is 0 Å². The first-order chi connectivity index (χ1) is 13.9. The molecule has 29 heavy (non-hydrogen) atoms. The summed E-state index contributed by atoms with van der Waals surface area (Å²) < 4.78 is 5.49. The molecule has 0 amide bonds. The number of benzene rings is 1. The number of rotatable bonds is 5. The third-order valence-electron chi connectivity index (χ3n) is 4.36. The van der Waals surface area contributed by atoms with E-state index in [4.69, 9.17) is 17.0 Å². The molecule has 0 unspecified atom stereocenters. The minimum absolute atomic E-state index is 0.0516. The Morgan fingerprint density at radius 2 is 2.07 bits per heavy atom. The van der Waals surface area contributed by atoms with Crippen LogP contribution in [-0.2, 0) is 0 Å². The fraction of sp³-hybridized carbons (Fsp3) is 0.409. The summed E-state index contributed by atoms with van der Waals surface area (Å²) in [5.41, 5.74) is 0.569. The van der Waals surface area contributed by atoms with Gasteiger partial charge in [0.2, 0.25) is 0 Å². The van der Waals surface area contributed by atoms with Gasteiger partial charge in [-0.15, -0.1) is 23.1 Å². The SMILES string of the molecule is CCOc1ccc(NC(=S)N2CCS[C@H]2c2ccc(C#CC(C)(C)CO)s2)cc1. The third kappa shape index (κ3) is 5.89. The normalized spacial score (nSPS) is 16.3. The zero-order valence-corrected chi connectivity index (χ0v) is 19.3. The van der Waals surface area contributed by atoms with Gasteiger partial charge in [-0.05, 0) is 69.4 Å². The molecule has 154 valence electrons. The number of hydrogen-bond acceptors (Lipinski definition) is 5. The first-order valence-corrected chi connectivity index (χ1v) is 11.8. The topological polar surface area (TPSA) is 44.7 Å². The lowest BCUT2D eigenvalue weighted by molar-refractivity contribution is 0.207. The molecule has 2 N–H and O–H groups in total. The Hall–Kier alpha value is -1.72. The zero-order chi connectivity index (χ0) is 20.9. The number of thiophene rings is 1. The predicted octanol–water partition coefficient (Wildman–Crippen LogP) is 4.96. The van der Waals surface area contributed by atoms with Crippen molar-refractivity contribution in [3.63, 3.8) is 0 Å². The largest absolute Gasteiger partial charge is 0.494 e. The first kappa shape index (κ1) is 22.0. The van der Waals surface area contributed by atoms with Crippen LogP contribution in [0.4, 0.5) is 5.69 Å². The number of hydrogen-bond donors (Lipinski definition) is 2. The van der Waals surface area contributed by atoms with Crippen molar-refractivity contribution in [2.24, 2.45) is 5.41 Å². The van der Waals surface area contributed by atoms with Crippen molar-refractivity contribution < 1.29 is 9.84 Å². The Balaban J connectivity index is 1.67. The van der Waals surface area contributed by atoms with E-state index in [0.717, 1.165) is 33.7 Å². The van der Waals surface area contributed by atoms with Gasteiger partial charge in [0.15, 0.2) is 5.11 Å². The molecule has 2 aromatic rings. The summed E-state index contributed by atoms with van der Waals surface area (Å²) >= 11 is 9.29. The van der Waals surface area contributed by atoms with E-state index in [-0.39, 0.29) is 17.4 Å². The maximum absolute atomic E-state index is 9.37. The monoisotopic (exact) mass is 446 g/mol. The van der Waals surface area contributed by atoms with Gasteiger partial charge in [0, 0.05) is 28.3 Å². The molecule has 7 heteroatoms. The molecule has 1 fully saturated rings.